The minimum absolute atomic E-state index is 0.0493. The van der Waals surface area contributed by atoms with E-state index in [0.29, 0.717) is 6.10 Å². The van der Waals surface area contributed by atoms with E-state index in [1.165, 1.54) is 12.8 Å². The molecule has 2 nitrogen and oxygen atoms in total. The Morgan fingerprint density at radius 3 is 2.36 bits per heavy atom. The number of allylic oxidation sites excluding steroid dienone is 8. The Kier molecular flexibility index (Phi) is 13.1. The molecule has 1 saturated heterocycles. The molecule has 0 saturated carbocycles. The lowest BCUT2D eigenvalue weighted by Gasteiger charge is -1.97. The molecule has 1 rings (SSSR count). The van der Waals surface area contributed by atoms with Crippen LogP contribution in [-0.4, -0.2) is 17.9 Å². The van der Waals surface area contributed by atoms with E-state index in [4.69, 9.17) is 4.74 Å². The third-order valence-corrected chi connectivity index (χ3v) is 4.58. The molecule has 0 amide bonds. The predicted octanol–water partition coefficient (Wildman–Crippen LogP) is 6.97. The summed E-state index contributed by atoms with van der Waals surface area (Å²) in [5.41, 5.74) is 0.0493. The SMILES string of the molecule is CC/C=C\CC1OC1/C=C/C(C/C=C\C/C=C\C/C=C\CCC)P=O. The van der Waals surface area contributed by atoms with E-state index < -0.39 is 0 Å². The van der Waals surface area contributed by atoms with E-state index in [0.717, 1.165) is 32.1 Å². The van der Waals surface area contributed by atoms with Crippen LogP contribution in [0.4, 0.5) is 0 Å². The van der Waals surface area contributed by atoms with Crippen molar-refractivity contribution >= 4 is 8.46 Å². The van der Waals surface area contributed by atoms with Gasteiger partial charge in [0.1, 0.15) is 6.10 Å². The summed E-state index contributed by atoms with van der Waals surface area (Å²) in [6, 6.07) is 0. The molecule has 0 radical (unpaired) electrons. The number of hydrogen-bond acceptors (Lipinski definition) is 2. The highest BCUT2D eigenvalue weighted by Crippen LogP contribution is 2.28. The van der Waals surface area contributed by atoms with Gasteiger partial charge in [0.25, 0.3) is 0 Å². The quantitative estimate of drug-likeness (QED) is 0.190. The molecule has 0 aromatic rings. The van der Waals surface area contributed by atoms with E-state index in [9.17, 15) is 4.57 Å². The van der Waals surface area contributed by atoms with Gasteiger partial charge in [0.15, 0.2) is 8.46 Å². The number of unbranched alkanes of at least 4 members (excludes halogenated alkanes) is 1. The highest BCUT2D eigenvalue weighted by molar-refractivity contribution is 7.25. The molecule has 3 atom stereocenters. The van der Waals surface area contributed by atoms with Crippen molar-refractivity contribution in [3.05, 3.63) is 60.8 Å². The topological polar surface area (TPSA) is 29.6 Å². The van der Waals surface area contributed by atoms with Gasteiger partial charge in [-0.2, -0.15) is 0 Å². The number of ether oxygens (including phenoxy) is 1. The molecule has 3 unspecified atom stereocenters. The maximum Gasteiger partial charge on any atom is 0.163 e. The molecular weight excluding hydrogens is 327 g/mol. The summed E-state index contributed by atoms with van der Waals surface area (Å²) in [4.78, 5) is 0. The monoisotopic (exact) mass is 360 g/mol. The van der Waals surface area contributed by atoms with Crippen LogP contribution in [0.3, 0.4) is 0 Å². The third-order valence-electron chi connectivity index (χ3n) is 3.93. The van der Waals surface area contributed by atoms with E-state index >= 15 is 0 Å². The highest BCUT2D eigenvalue weighted by Gasteiger charge is 2.35. The van der Waals surface area contributed by atoms with Gasteiger partial charge in [-0.25, -0.2) is 0 Å². The summed E-state index contributed by atoms with van der Waals surface area (Å²) in [6.45, 7) is 4.32. The maximum absolute atomic E-state index is 11.3. The molecule has 138 valence electrons. The Bertz CT molecular complexity index is 488. The van der Waals surface area contributed by atoms with Gasteiger partial charge in [0.2, 0.25) is 0 Å². The summed E-state index contributed by atoms with van der Waals surface area (Å²) in [5, 5.41) is 0. The van der Waals surface area contributed by atoms with Gasteiger partial charge in [-0.15, -0.1) is 0 Å². The van der Waals surface area contributed by atoms with Gasteiger partial charge in [0, 0.05) is 0 Å². The lowest BCUT2D eigenvalue weighted by Crippen LogP contribution is -1.94. The minimum atomic E-state index is 0.0493. The Hall–Kier alpha value is -1.24. The van der Waals surface area contributed by atoms with Crippen molar-refractivity contribution in [1.29, 1.82) is 0 Å². The zero-order valence-electron chi connectivity index (χ0n) is 15.7. The summed E-state index contributed by atoms with van der Waals surface area (Å²) >= 11 is 0. The average molecular weight is 360 g/mol. The van der Waals surface area contributed by atoms with Gasteiger partial charge in [-0.05, 0) is 38.5 Å². The second kappa shape index (κ2) is 15.0. The number of epoxide rings is 1. The standard InChI is InChI=1S/C22H33O2P/c1-3-5-7-8-9-10-11-12-13-15-16-20(25-23)18-19-22-21(24-22)17-14-6-4-2/h6-8,10-11,13-15,18-22H,3-5,9,12,16-17H2,1-2H3/b8-7-,11-10-,14-6-,15-13-,19-18+. The fraction of sp³-hybridized carbons (Fsp3) is 0.545. The van der Waals surface area contributed by atoms with Crippen LogP contribution >= 0.6 is 8.46 Å². The molecule has 1 fully saturated rings. The number of hydrogen-bond donors (Lipinski definition) is 0. The second-order valence-corrected chi connectivity index (χ2v) is 7.10. The van der Waals surface area contributed by atoms with Crippen molar-refractivity contribution in [3.8, 4) is 0 Å². The Morgan fingerprint density at radius 2 is 1.68 bits per heavy atom. The molecule has 3 heteroatoms. The van der Waals surface area contributed by atoms with E-state index in [1.54, 1.807) is 0 Å². The van der Waals surface area contributed by atoms with Gasteiger partial charge in [0.05, 0.1) is 11.8 Å². The van der Waals surface area contributed by atoms with Crippen LogP contribution in [0.2, 0.25) is 0 Å². The smallest absolute Gasteiger partial charge is 0.163 e. The summed E-state index contributed by atoms with van der Waals surface area (Å²) in [5.74, 6) is 0. The second-order valence-electron chi connectivity index (χ2n) is 6.22. The summed E-state index contributed by atoms with van der Waals surface area (Å²) in [7, 11) is 0.177. The van der Waals surface area contributed by atoms with Crippen LogP contribution in [-0.2, 0) is 9.30 Å². The molecule has 1 heterocycles. The molecule has 1 aliphatic heterocycles. The number of rotatable bonds is 14. The largest absolute Gasteiger partial charge is 0.365 e. The van der Waals surface area contributed by atoms with Crippen LogP contribution in [0.15, 0.2) is 60.8 Å². The Morgan fingerprint density at radius 1 is 0.960 bits per heavy atom. The van der Waals surface area contributed by atoms with E-state index in [2.05, 4.69) is 68.5 Å². The van der Waals surface area contributed by atoms with Crippen molar-refractivity contribution in [3.63, 3.8) is 0 Å². The van der Waals surface area contributed by atoms with Crippen molar-refractivity contribution in [1.82, 2.24) is 0 Å². The molecule has 0 aromatic heterocycles. The summed E-state index contributed by atoms with van der Waals surface area (Å²) in [6.07, 6.45) is 29.2. The predicted molar refractivity (Wildman–Crippen MR) is 109 cm³/mol. The van der Waals surface area contributed by atoms with Crippen LogP contribution < -0.4 is 0 Å². The molecule has 0 N–H and O–H groups in total. The minimum Gasteiger partial charge on any atom is -0.365 e. The van der Waals surface area contributed by atoms with Gasteiger partial charge < -0.3 is 4.74 Å². The molecular formula is C22H33O2P. The van der Waals surface area contributed by atoms with Crippen molar-refractivity contribution < 1.29 is 9.30 Å². The zero-order chi connectivity index (χ0) is 18.2. The molecule has 0 bridgehead atoms. The van der Waals surface area contributed by atoms with Gasteiger partial charge in [-0.1, -0.05) is 81.0 Å². The van der Waals surface area contributed by atoms with Crippen LogP contribution in [0.1, 0.15) is 58.8 Å². The van der Waals surface area contributed by atoms with E-state index in [-0.39, 0.29) is 20.2 Å². The highest BCUT2D eigenvalue weighted by atomic mass is 31.1. The van der Waals surface area contributed by atoms with Gasteiger partial charge >= 0.3 is 0 Å². The molecule has 25 heavy (non-hydrogen) atoms. The lowest BCUT2D eigenvalue weighted by molar-refractivity contribution is 0.390. The van der Waals surface area contributed by atoms with Crippen molar-refractivity contribution in [2.75, 3.05) is 0 Å². The molecule has 0 aliphatic carbocycles. The van der Waals surface area contributed by atoms with E-state index in [1.807, 2.05) is 6.08 Å². The summed E-state index contributed by atoms with van der Waals surface area (Å²) < 4.78 is 16.8. The lowest BCUT2D eigenvalue weighted by atomic mass is 10.2. The van der Waals surface area contributed by atoms with Crippen LogP contribution in [0.5, 0.6) is 0 Å². The van der Waals surface area contributed by atoms with Gasteiger partial charge in [-0.3, -0.25) is 4.57 Å². The fourth-order valence-electron chi connectivity index (χ4n) is 2.37. The van der Waals surface area contributed by atoms with Crippen LogP contribution in [0.25, 0.3) is 0 Å². The average Bonchev–Trinajstić information content (AvgIpc) is 3.37. The Labute approximate surface area is 155 Å². The molecule has 0 aromatic carbocycles. The maximum atomic E-state index is 11.3. The molecule has 1 aliphatic rings. The molecule has 0 spiro atoms. The van der Waals surface area contributed by atoms with Crippen LogP contribution in [0, 0.1) is 0 Å². The Balaban J connectivity index is 2.15. The van der Waals surface area contributed by atoms with Crippen molar-refractivity contribution in [2.24, 2.45) is 0 Å². The van der Waals surface area contributed by atoms with Crippen molar-refractivity contribution in [2.45, 2.75) is 76.7 Å². The fourth-order valence-corrected chi connectivity index (χ4v) is 2.75. The first-order valence-corrected chi connectivity index (χ1v) is 10.5. The third kappa shape index (κ3) is 11.9. The first-order chi connectivity index (χ1) is 12.3. The normalized spacial score (nSPS) is 22.5. The first kappa shape index (κ1) is 21.8. The zero-order valence-corrected chi connectivity index (χ0v) is 16.6. The first-order valence-electron chi connectivity index (χ1n) is 9.58.